The van der Waals surface area contributed by atoms with Gasteiger partial charge < -0.3 is 9.30 Å². The number of hydrogen-bond donors (Lipinski definition) is 1. The molecule has 0 saturated carbocycles. The largest absolute Gasteiger partial charge is 0.468 e. The van der Waals surface area contributed by atoms with Crippen molar-refractivity contribution in [3.63, 3.8) is 0 Å². The second kappa shape index (κ2) is 6.39. The SMILES string of the molecule is CCCNC(C(=O)OC)c1cncn1C(C)C. The summed E-state index contributed by atoms with van der Waals surface area (Å²) in [4.78, 5) is 15.9. The fourth-order valence-corrected chi connectivity index (χ4v) is 1.69. The quantitative estimate of drug-likeness (QED) is 0.767. The van der Waals surface area contributed by atoms with Crippen molar-refractivity contribution in [1.29, 1.82) is 0 Å². The molecule has 0 radical (unpaired) electrons. The van der Waals surface area contributed by atoms with E-state index >= 15 is 0 Å². The van der Waals surface area contributed by atoms with Crippen LogP contribution in [0.1, 0.15) is 45.0 Å². The first-order valence-electron chi connectivity index (χ1n) is 5.94. The first kappa shape index (κ1) is 13.7. The second-order valence-electron chi connectivity index (χ2n) is 4.23. The summed E-state index contributed by atoms with van der Waals surface area (Å²) < 4.78 is 6.80. The van der Waals surface area contributed by atoms with Crippen LogP contribution in [-0.4, -0.2) is 29.2 Å². The van der Waals surface area contributed by atoms with Crippen molar-refractivity contribution in [2.45, 2.75) is 39.3 Å². The molecule has 0 aliphatic carbocycles. The van der Waals surface area contributed by atoms with Crippen LogP contribution in [0.3, 0.4) is 0 Å². The predicted octanol–water partition coefficient (Wildman–Crippen LogP) is 1.68. The highest BCUT2D eigenvalue weighted by Gasteiger charge is 2.24. The summed E-state index contributed by atoms with van der Waals surface area (Å²) in [6.07, 6.45) is 4.41. The van der Waals surface area contributed by atoms with E-state index in [0.717, 1.165) is 18.7 Å². The Labute approximate surface area is 102 Å². The molecule has 1 N–H and O–H groups in total. The predicted molar refractivity (Wildman–Crippen MR) is 65.7 cm³/mol. The van der Waals surface area contributed by atoms with Crippen molar-refractivity contribution < 1.29 is 9.53 Å². The molecular weight excluding hydrogens is 218 g/mol. The van der Waals surface area contributed by atoms with Crippen molar-refractivity contribution >= 4 is 5.97 Å². The lowest BCUT2D eigenvalue weighted by Crippen LogP contribution is -2.32. The molecular formula is C12H21N3O2. The van der Waals surface area contributed by atoms with E-state index in [0.29, 0.717) is 0 Å². The van der Waals surface area contributed by atoms with Crippen LogP contribution in [-0.2, 0) is 9.53 Å². The van der Waals surface area contributed by atoms with Crippen LogP contribution in [0, 0.1) is 0 Å². The molecule has 1 unspecified atom stereocenters. The maximum Gasteiger partial charge on any atom is 0.329 e. The normalized spacial score (nSPS) is 12.8. The van der Waals surface area contributed by atoms with Gasteiger partial charge in [0.25, 0.3) is 0 Å². The van der Waals surface area contributed by atoms with Crippen LogP contribution in [0.2, 0.25) is 0 Å². The Morgan fingerprint density at radius 3 is 2.82 bits per heavy atom. The minimum atomic E-state index is -0.440. The third kappa shape index (κ3) is 3.30. The first-order valence-corrected chi connectivity index (χ1v) is 5.94. The number of carbonyl (C=O) groups excluding carboxylic acids is 1. The molecule has 0 fully saturated rings. The monoisotopic (exact) mass is 239 g/mol. The minimum Gasteiger partial charge on any atom is -0.468 e. The van der Waals surface area contributed by atoms with Crippen LogP contribution in [0.4, 0.5) is 0 Å². The Balaban J connectivity index is 2.95. The molecule has 5 heteroatoms. The van der Waals surface area contributed by atoms with Gasteiger partial charge in [0.1, 0.15) is 6.04 Å². The lowest BCUT2D eigenvalue weighted by Gasteiger charge is -2.19. The van der Waals surface area contributed by atoms with E-state index in [1.54, 1.807) is 12.5 Å². The number of imidazole rings is 1. The number of methoxy groups -OCH3 is 1. The van der Waals surface area contributed by atoms with E-state index in [4.69, 9.17) is 4.74 Å². The molecule has 96 valence electrons. The Bertz CT molecular complexity index is 360. The van der Waals surface area contributed by atoms with Crippen molar-refractivity contribution in [3.05, 3.63) is 18.2 Å². The van der Waals surface area contributed by atoms with Gasteiger partial charge in [0.05, 0.1) is 25.3 Å². The topological polar surface area (TPSA) is 56.1 Å². The van der Waals surface area contributed by atoms with Crippen LogP contribution in [0.15, 0.2) is 12.5 Å². The maximum absolute atomic E-state index is 11.8. The van der Waals surface area contributed by atoms with E-state index in [1.165, 1.54) is 7.11 Å². The molecule has 1 aromatic rings. The zero-order valence-electron chi connectivity index (χ0n) is 10.9. The fraction of sp³-hybridized carbons (Fsp3) is 0.667. The summed E-state index contributed by atoms with van der Waals surface area (Å²) in [6, 6.07) is -0.173. The van der Waals surface area contributed by atoms with Crippen molar-refractivity contribution in [1.82, 2.24) is 14.9 Å². The van der Waals surface area contributed by atoms with Gasteiger partial charge in [0.15, 0.2) is 0 Å². The number of carbonyl (C=O) groups is 1. The van der Waals surface area contributed by atoms with Gasteiger partial charge in [-0.2, -0.15) is 0 Å². The van der Waals surface area contributed by atoms with Crippen molar-refractivity contribution in [2.75, 3.05) is 13.7 Å². The van der Waals surface area contributed by atoms with E-state index in [-0.39, 0.29) is 12.0 Å². The molecule has 5 nitrogen and oxygen atoms in total. The number of rotatable bonds is 6. The molecule has 0 aliphatic heterocycles. The van der Waals surface area contributed by atoms with Crippen LogP contribution < -0.4 is 5.32 Å². The van der Waals surface area contributed by atoms with Gasteiger partial charge in [-0.3, -0.25) is 5.32 Å². The summed E-state index contributed by atoms with van der Waals surface area (Å²) in [5.41, 5.74) is 0.848. The van der Waals surface area contributed by atoms with Gasteiger partial charge >= 0.3 is 5.97 Å². The summed E-state index contributed by atoms with van der Waals surface area (Å²) in [7, 11) is 1.40. The standard InChI is InChI=1S/C12H21N3O2/c1-5-6-14-11(12(16)17-4)10-7-13-8-15(10)9(2)3/h7-9,11,14H,5-6H2,1-4H3. The van der Waals surface area contributed by atoms with Gasteiger partial charge in [-0.1, -0.05) is 6.92 Å². The number of nitrogens with zero attached hydrogens (tertiary/aromatic N) is 2. The van der Waals surface area contributed by atoms with Gasteiger partial charge in [0.2, 0.25) is 0 Å². The van der Waals surface area contributed by atoms with Crippen LogP contribution in [0.25, 0.3) is 0 Å². The molecule has 0 aliphatic rings. The number of esters is 1. The molecule has 0 bridgehead atoms. The van der Waals surface area contributed by atoms with Crippen molar-refractivity contribution in [3.8, 4) is 0 Å². The maximum atomic E-state index is 11.8. The zero-order valence-corrected chi connectivity index (χ0v) is 10.9. The van der Waals surface area contributed by atoms with Gasteiger partial charge in [-0.25, -0.2) is 9.78 Å². The van der Waals surface area contributed by atoms with Gasteiger partial charge in [0, 0.05) is 6.04 Å². The molecule has 0 amide bonds. The Morgan fingerprint density at radius 1 is 1.59 bits per heavy atom. The lowest BCUT2D eigenvalue weighted by atomic mass is 10.2. The van der Waals surface area contributed by atoms with Gasteiger partial charge in [-0.05, 0) is 26.8 Å². The van der Waals surface area contributed by atoms with Gasteiger partial charge in [-0.15, -0.1) is 0 Å². The van der Waals surface area contributed by atoms with Crippen LogP contribution in [0.5, 0.6) is 0 Å². The smallest absolute Gasteiger partial charge is 0.329 e. The minimum absolute atomic E-state index is 0.267. The highest BCUT2D eigenvalue weighted by atomic mass is 16.5. The molecule has 17 heavy (non-hydrogen) atoms. The average molecular weight is 239 g/mol. The molecule has 0 aromatic carbocycles. The molecule has 0 spiro atoms. The van der Waals surface area contributed by atoms with Crippen LogP contribution >= 0.6 is 0 Å². The summed E-state index contributed by atoms with van der Waals surface area (Å²) in [5.74, 6) is -0.277. The number of ether oxygens (including phenoxy) is 1. The highest BCUT2D eigenvalue weighted by Crippen LogP contribution is 2.18. The number of hydrogen-bond acceptors (Lipinski definition) is 4. The number of nitrogens with one attached hydrogen (secondary N) is 1. The van der Waals surface area contributed by atoms with E-state index in [9.17, 15) is 4.79 Å². The number of aromatic nitrogens is 2. The summed E-state index contributed by atoms with van der Waals surface area (Å²) in [5, 5.41) is 3.18. The average Bonchev–Trinajstić information content (AvgIpc) is 2.78. The molecule has 1 aromatic heterocycles. The molecule has 1 rings (SSSR count). The Hall–Kier alpha value is -1.36. The Morgan fingerprint density at radius 2 is 2.29 bits per heavy atom. The van der Waals surface area contributed by atoms with E-state index in [2.05, 4.69) is 31.1 Å². The second-order valence-corrected chi connectivity index (χ2v) is 4.23. The lowest BCUT2D eigenvalue weighted by molar-refractivity contribution is -0.143. The molecule has 1 heterocycles. The summed E-state index contributed by atoms with van der Waals surface area (Å²) in [6.45, 7) is 6.93. The highest BCUT2D eigenvalue weighted by molar-refractivity contribution is 5.76. The third-order valence-electron chi connectivity index (χ3n) is 2.58. The van der Waals surface area contributed by atoms with E-state index in [1.807, 2.05) is 4.57 Å². The van der Waals surface area contributed by atoms with E-state index < -0.39 is 6.04 Å². The molecule has 0 saturated heterocycles. The Kier molecular flexibility index (Phi) is 5.15. The zero-order chi connectivity index (χ0) is 12.8. The fourth-order valence-electron chi connectivity index (χ4n) is 1.69. The summed E-state index contributed by atoms with van der Waals surface area (Å²) >= 11 is 0. The first-order chi connectivity index (χ1) is 8.11. The van der Waals surface area contributed by atoms with Crippen molar-refractivity contribution in [2.24, 2.45) is 0 Å². The third-order valence-corrected chi connectivity index (χ3v) is 2.58. The molecule has 1 atom stereocenters.